The number of rotatable bonds is 5. The maximum absolute atomic E-state index is 5.66. The molecule has 0 saturated heterocycles. The average Bonchev–Trinajstić information content (AvgIpc) is 3.00. The van der Waals surface area contributed by atoms with Gasteiger partial charge < -0.3 is 10.5 Å². The molecule has 0 radical (unpaired) electrons. The molecule has 3 aromatic rings. The van der Waals surface area contributed by atoms with E-state index < -0.39 is 0 Å². The van der Waals surface area contributed by atoms with Gasteiger partial charge in [-0.25, -0.2) is 9.67 Å². The van der Waals surface area contributed by atoms with Gasteiger partial charge in [-0.15, -0.1) is 5.10 Å². The van der Waals surface area contributed by atoms with Crippen LogP contribution in [0.3, 0.4) is 0 Å². The minimum atomic E-state index is 0.147. The molecule has 0 spiro atoms. The number of methoxy groups -OCH3 is 1. The Kier molecular flexibility index (Phi) is 4.23. The molecular formula is C15H15N7O. The van der Waals surface area contributed by atoms with Crippen LogP contribution in [0.5, 0.6) is 5.88 Å². The van der Waals surface area contributed by atoms with E-state index >= 15 is 0 Å². The van der Waals surface area contributed by atoms with Crippen molar-refractivity contribution in [3.63, 3.8) is 0 Å². The van der Waals surface area contributed by atoms with E-state index in [0.717, 1.165) is 5.56 Å². The molecule has 0 aliphatic carbocycles. The Morgan fingerprint density at radius 1 is 1.17 bits per heavy atom. The molecule has 0 amide bonds. The molecule has 2 aromatic heterocycles. The van der Waals surface area contributed by atoms with E-state index in [1.807, 2.05) is 42.5 Å². The molecule has 8 heteroatoms. The summed E-state index contributed by atoms with van der Waals surface area (Å²) in [6.07, 6.45) is 3.79. The van der Waals surface area contributed by atoms with Gasteiger partial charge in [0.25, 0.3) is 0 Å². The van der Waals surface area contributed by atoms with Gasteiger partial charge in [0.1, 0.15) is 0 Å². The number of hydrogen-bond acceptors (Lipinski definition) is 7. The Balaban J connectivity index is 1.81. The van der Waals surface area contributed by atoms with Crippen molar-refractivity contribution in [3.05, 3.63) is 53.5 Å². The number of hydrogen-bond donors (Lipinski definition) is 1. The highest BCUT2D eigenvalue weighted by atomic mass is 16.5. The van der Waals surface area contributed by atoms with Crippen LogP contribution in [0.25, 0.3) is 12.2 Å². The maximum atomic E-state index is 5.66. The summed E-state index contributed by atoms with van der Waals surface area (Å²) in [4.78, 5) is 8.11. The highest BCUT2D eigenvalue weighted by Gasteiger charge is 2.08. The monoisotopic (exact) mass is 309 g/mol. The predicted molar refractivity (Wildman–Crippen MR) is 85.3 cm³/mol. The largest absolute Gasteiger partial charge is 0.481 e. The van der Waals surface area contributed by atoms with Crippen molar-refractivity contribution < 1.29 is 4.74 Å². The van der Waals surface area contributed by atoms with Gasteiger partial charge in [-0.3, -0.25) is 0 Å². The summed E-state index contributed by atoms with van der Waals surface area (Å²) in [6, 6.07) is 11.6. The number of tetrazole rings is 1. The summed E-state index contributed by atoms with van der Waals surface area (Å²) in [5.41, 5.74) is 7.39. The molecule has 116 valence electrons. The van der Waals surface area contributed by atoms with Gasteiger partial charge in [-0.2, -0.15) is 4.98 Å². The Bertz CT molecular complexity index is 814. The first-order chi connectivity index (χ1) is 11.2. The molecule has 23 heavy (non-hydrogen) atoms. The van der Waals surface area contributed by atoms with Crippen molar-refractivity contribution in [2.75, 3.05) is 12.8 Å². The molecule has 0 unspecified atom stereocenters. The van der Waals surface area contributed by atoms with Gasteiger partial charge in [0, 0.05) is 6.07 Å². The Hall–Kier alpha value is -3.29. The van der Waals surface area contributed by atoms with Crippen LogP contribution < -0.4 is 10.5 Å². The van der Waals surface area contributed by atoms with E-state index in [4.69, 9.17) is 10.5 Å². The molecule has 2 N–H and O–H groups in total. The number of nitrogens with zero attached hydrogens (tertiary/aromatic N) is 6. The number of ether oxygens (including phenoxy) is 1. The molecular weight excluding hydrogens is 294 g/mol. The van der Waals surface area contributed by atoms with Crippen LogP contribution in [0.2, 0.25) is 0 Å². The second-order valence-electron chi connectivity index (χ2n) is 4.70. The molecule has 0 saturated carbocycles. The normalized spacial score (nSPS) is 11.0. The number of nitrogens with two attached hydrogens (primary N) is 1. The van der Waals surface area contributed by atoms with Gasteiger partial charge in [0.05, 0.1) is 19.3 Å². The van der Waals surface area contributed by atoms with Crippen molar-refractivity contribution in [2.45, 2.75) is 6.54 Å². The third-order valence-electron chi connectivity index (χ3n) is 3.08. The molecule has 2 heterocycles. The molecule has 8 nitrogen and oxygen atoms in total. The summed E-state index contributed by atoms with van der Waals surface area (Å²) in [7, 11) is 1.52. The predicted octanol–water partition coefficient (Wildman–Crippen LogP) is 1.27. The lowest BCUT2D eigenvalue weighted by Gasteiger charge is -2.05. The van der Waals surface area contributed by atoms with E-state index in [0.29, 0.717) is 23.9 Å². The van der Waals surface area contributed by atoms with Crippen LogP contribution in [0, 0.1) is 0 Å². The highest BCUT2D eigenvalue weighted by Crippen LogP contribution is 2.12. The summed E-state index contributed by atoms with van der Waals surface area (Å²) >= 11 is 0. The van der Waals surface area contributed by atoms with E-state index in [1.54, 1.807) is 10.7 Å². The third kappa shape index (κ3) is 3.67. The smallest absolute Gasteiger partial charge is 0.223 e. The molecule has 0 fully saturated rings. The second-order valence-corrected chi connectivity index (χ2v) is 4.70. The van der Waals surface area contributed by atoms with Crippen LogP contribution in [0.4, 0.5) is 5.95 Å². The minimum Gasteiger partial charge on any atom is -0.481 e. The second kappa shape index (κ2) is 6.65. The van der Waals surface area contributed by atoms with Crippen LogP contribution in [-0.4, -0.2) is 37.3 Å². The topological polar surface area (TPSA) is 105 Å². The fourth-order valence-corrected chi connectivity index (χ4v) is 2.01. The lowest BCUT2D eigenvalue weighted by Crippen LogP contribution is -2.08. The Labute approximate surface area is 132 Å². The summed E-state index contributed by atoms with van der Waals surface area (Å²) < 4.78 is 6.71. The average molecular weight is 309 g/mol. The van der Waals surface area contributed by atoms with Crippen molar-refractivity contribution in [1.29, 1.82) is 0 Å². The maximum Gasteiger partial charge on any atom is 0.223 e. The zero-order chi connectivity index (χ0) is 16.1. The first-order valence-corrected chi connectivity index (χ1v) is 6.91. The quantitative estimate of drug-likeness (QED) is 0.756. The fourth-order valence-electron chi connectivity index (χ4n) is 2.01. The molecule has 0 bridgehead atoms. The van der Waals surface area contributed by atoms with Gasteiger partial charge in [0.15, 0.2) is 5.82 Å². The number of aromatic nitrogens is 6. The molecule has 0 aliphatic rings. The molecule has 1 aromatic carbocycles. The fraction of sp³-hybridized carbons (Fsp3) is 0.133. The van der Waals surface area contributed by atoms with Gasteiger partial charge in [0.2, 0.25) is 11.8 Å². The van der Waals surface area contributed by atoms with Gasteiger partial charge in [-0.05, 0) is 22.1 Å². The van der Waals surface area contributed by atoms with Crippen molar-refractivity contribution in [3.8, 4) is 5.88 Å². The van der Waals surface area contributed by atoms with E-state index in [1.165, 1.54) is 7.11 Å². The van der Waals surface area contributed by atoms with Crippen LogP contribution in [0.1, 0.15) is 17.1 Å². The summed E-state index contributed by atoms with van der Waals surface area (Å²) in [5, 5.41) is 11.7. The molecule has 0 atom stereocenters. The van der Waals surface area contributed by atoms with E-state index in [9.17, 15) is 0 Å². The van der Waals surface area contributed by atoms with Gasteiger partial charge >= 0.3 is 0 Å². The van der Waals surface area contributed by atoms with Crippen LogP contribution in [0.15, 0.2) is 36.4 Å². The van der Waals surface area contributed by atoms with Crippen molar-refractivity contribution in [1.82, 2.24) is 30.2 Å². The zero-order valence-corrected chi connectivity index (χ0v) is 12.5. The van der Waals surface area contributed by atoms with Crippen molar-refractivity contribution >= 4 is 18.1 Å². The Morgan fingerprint density at radius 3 is 2.78 bits per heavy atom. The summed E-state index contributed by atoms with van der Waals surface area (Å²) in [5.74, 6) is 1.17. The standard InChI is InChI=1S/C15H15N7O/c1-23-14-9-12(17-15(16)18-14)10-22-13(19-20-21-22)8-7-11-5-3-2-4-6-11/h2-9H,10H2,1H3,(H2,16,17,18)/b8-7+. The third-order valence-corrected chi connectivity index (χ3v) is 3.08. The first-order valence-electron chi connectivity index (χ1n) is 6.91. The van der Waals surface area contributed by atoms with Crippen molar-refractivity contribution in [2.24, 2.45) is 0 Å². The summed E-state index contributed by atoms with van der Waals surface area (Å²) in [6.45, 7) is 0.366. The van der Waals surface area contributed by atoms with Crippen LogP contribution in [-0.2, 0) is 6.54 Å². The number of benzene rings is 1. The zero-order valence-electron chi connectivity index (χ0n) is 12.5. The molecule has 3 rings (SSSR count). The van der Waals surface area contributed by atoms with E-state index in [-0.39, 0.29) is 5.95 Å². The number of nitrogen functional groups attached to an aromatic ring is 1. The lowest BCUT2D eigenvalue weighted by molar-refractivity contribution is 0.396. The number of anilines is 1. The first kappa shape index (κ1) is 14.6. The highest BCUT2D eigenvalue weighted by molar-refractivity contribution is 5.66. The minimum absolute atomic E-state index is 0.147. The lowest BCUT2D eigenvalue weighted by atomic mass is 10.2. The van der Waals surface area contributed by atoms with Gasteiger partial charge in [-0.1, -0.05) is 36.4 Å². The SMILES string of the molecule is COc1cc(Cn2nnnc2/C=C/c2ccccc2)nc(N)n1. The Morgan fingerprint density at radius 2 is 2.00 bits per heavy atom. The molecule has 0 aliphatic heterocycles. The van der Waals surface area contributed by atoms with Crippen LogP contribution >= 0.6 is 0 Å². The van der Waals surface area contributed by atoms with E-state index in [2.05, 4.69) is 25.5 Å².